The molecule has 6 heteroatoms. The molecule has 0 saturated carbocycles. The third kappa shape index (κ3) is 4.45. The summed E-state index contributed by atoms with van der Waals surface area (Å²) in [6, 6.07) is 10.5. The molecule has 0 aliphatic carbocycles. The van der Waals surface area contributed by atoms with Gasteiger partial charge in [-0.25, -0.2) is 8.78 Å². The molecule has 20 heavy (non-hydrogen) atoms. The molecule has 1 amide bonds. The minimum atomic E-state index is -0.529. The quantitative estimate of drug-likeness (QED) is 0.607. The van der Waals surface area contributed by atoms with Gasteiger partial charge in [-0.05, 0) is 59.0 Å². The summed E-state index contributed by atoms with van der Waals surface area (Å²) in [5.41, 5.74) is 0.683. The average molecular weight is 405 g/mol. The number of hydrogen-bond acceptors (Lipinski definition) is 2. The molecule has 2 rings (SSSR count). The van der Waals surface area contributed by atoms with Crippen molar-refractivity contribution in [1.29, 1.82) is 0 Å². The number of benzene rings is 2. The van der Waals surface area contributed by atoms with Crippen molar-refractivity contribution in [3.05, 3.63) is 57.7 Å². The predicted molar refractivity (Wildman–Crippen MR) is 84.9 cm³/mol. The maximum absolute atomic E-state index is 13.4. The number of amides is 1. The third-order valence-corrected chi connectivity index (χ3v) is 4.06. The van der Waals surface area contributed by atoms with Crippen LogP contribution in [0.5, 0.6) is 0 Å². The molecule has 104 valence electrons. The van der Waals surface area contributed by atoms with Crippen LogP contribution in [0.2, 0.25) is 0 Å². The van der Waals surface area contributed by atoms with Crippen LogP contribution >= 0.6 is 34.4 Å². The molecule has 0 spiro atoms. The van der Waals surface area contributed by atoms with Crippen LogP contribution in [0, 0.1) is 15.2 Å². The van der Waals surface area contributed by atoms with Gasteiger partial charge in [0.25, 0.3) is 0 Å². The smallest absolute Gasteiger partial charge is 0.234 e. The van der Waals surface area contributed by atoms with Gasteiger partial charge in [0.2, 0.25) is 5.91 Å². The molecule has 0 bridgehead atoms. The van der Waals surface area contributed by atoms with E-state index in [0.29, 0.717) is 5.69 Å². The van der Waals surface area contributed by atoms with Gasteiger partial charge in [0.15, 0.2) is 0 Å². The number of carbonyl (C=O) groups is 1. The number of halogens is 3. The van der Waals surface area contributed by atoms with Crippen molar-refractivity contribution in [2.45, 2.75) is 4.90 Å². The second-order valence-electron chi connectivity index (χ2n) is 3.92. The molecule has 2 aromatic carbocycles. The molecule has 0 saturated heterocycles. The summed E-state index contributed by atoms with van der Waals surface area (Å²) in [4.78, 5) is 11.9. The summed E-state index contributed by atoms with van der Waals surface area (Å²) >= 11 is 3.11. The van der Waals surface area contributed by atoms with Crippen molar-refractivity contribution in [1.82, 2.24) is 0 Å². The van der Waals surface area contributed by atoms with Crippen molar-refractivity contribution in [3.63, 3.8) is 0 Å². The Morgan fingerprint density at radius 2 is 2.00 bits per heavy atom. The lowest BCUT2D eigenvalue weighted by Crippen LogP contribution is -2.14. The number of rotatable bonds is 4. The van der Waals surface area contributed by atoms with Crippen molar-refractivity contribution in [3.8, 4) is 0 Å². The fourth-order valence-corrected chi connectivity index (χ4v) is 2.80. The van der Waals surface area contributed by atoms with Gasteiger partial charge in [0.05, 0.1) is 5.75 Å². The Labute approximate surface area is 133 Å². The minimum absolute atomic E-state index is 0.0197. The van der Waals surface area contributed by atoms with E-state index >= 15 is 0 Å². The molecule has 0 radical (unpaired) electrons. The van der Waals surface area contributed by atoms with E-state index < -0.39 is 11.6 Å². The van der Waals surface area contributed by atoms with Crippen LogP contribution in [0.4, 0.5) is 14.5 Å². The zero-order valence-corrected chi connectivity index (χ0v) is 13.2. The lowest BCUT2D eigenvalue weighted by molar-refractivity contribution is -0.113. The Bertz CT molecular complexity index is 636. The zero-order chi connectivity index (χ0) is 14.5. The largest absolute Gasteiger partial charge is 0.325 e. The maximum Gasteiger partial charge on any atom is 0.234 e. The molecule has 0 heterocycles. The predicted octanol–water partition coefficient (Wildman–Crippen LogP) is 4.30. The lowest BCUT2D eigenvalue weighted by atomic mass is 10.3. The number of hydrogen-bond donors (Lipinski definition) is 1. The van der Waals surface area contributed by atoms with Gasteiger partial charge in [-0.1, -0.05) is 6.07 Å². The highest BCUT2D eigenvalue weighted by Crippen LogP contribution is 2.23. The Balaban J connectivity index is 1.94. The van der Waals surface area contributed by atoms with E-state index in [1.807, 2.05) is 18.2 Å². The molecule has 0 aliphatic heterocycles. The highest BCUT2D eigenvalue weighted by molar-refractivity contribution is 14.1. The van der Waals surface area contributed by atoms with Crippen LogP contribution in [0.15, 0.2) is 47.4 Å². The molecular formula is C14H10F2INOS. The Kier molecular flexibility index (Phi) is 5.36. The molecule has 0 atom stereocenters. The van der Waals surface area contributed by atoms with Crippen molar-refractivity contribution in [2.24, 2.45) is 0 Å². The van der Waals surface area contributed by atoms with Crippen LogP contribution in [-0.4, -0.2) is 11.7 Å². The van der Waals surface area contributed by atoms with E-state index in [4.69, 9.17) is 0 Å². The normalized spacial score (nSPS) is 10.3. The summed E-state index contributed by atoms with van der Waals surface area (Å²) in [5, 5.41) is 2.71. The monoisotopic (exact) mass is 405 g/mol. The Hall–Kier alpha value is -1.15. The van der Waals surface area contributed by atoms with Gasteiger partial charge >= 0.3 is 0 Å². The molecule has 0 fully saturated rings. The van der Waals surface area contributed by atoms with Gasteiger partial charge in [-0.3, -0.25) is 4.79 Å². The van der Waals surface area contributed by atoms with Crippen LogP contribution in [0.3, 0.4) is 0 Å². The first-order chi connectivity index (χ1) is 9.54. The average Bonchev–Trinajstić information content (AvgIpc) is 2.40. The number of nitrogens with one attached hydrogen (secondary N) is 1. The first-order valence-electron chi connectivity index (χ1n) is 5.68. The van der Waals surface area contributed by atoms with Crippen molar-refractivity contribution in [2.75, 3.05) is 11.1 Å². The van der Waals surface area contributed by atoms with Crippen LogP contribution < -0.4 is 5.32 Å². The Morgan fingerprint density at radius 1 is 1.20 bits per heavy atom. The molecular weight excluding hydrogens is 395 g/mol. The fraction of sp³-hybridized carbons (Fsp3) is 0.0714. The molecule has 2 nitrogen and oxygen atoms in total. The van der Waals surface area contributed by atoms with Gasteiger partial charge in [0.1, 0.15) is 11.6 Å². The van der Waals surface area contributed by atoms with E-state index in [2.05, 4.69) is 27.9 Å². The van der Waals surface area contributed by atoms with Gasteiger partial charge < -0.3 is 5.32 Å². The Morgan fingerprint density at radius 3 is 2.75 bits per heavy atom. The summed E-state index contributed by atoms with van der Waals surface area (Å²) in [6.45, 7) is 0. The number of anilines is 1. The second kappa shape index (κ2) is 7.03. The third-order valence-electron chi connectivity index (χ3n) is 2.36. The lowest BCUT2D eigenvalue weighted by Gasteiger charge is -2.06. The van der Waals surface area contributed by atoms with Gasteiger partial charge in [-0.2, -0.15) is 0 Å². The summed E-state index contributed by atoms with van der Waals surface area (Å²) in [7, 11) is 0. The topological polar surface area (TPSA) is 29.1 Å². The molecule has 1 N–H and O–H groups in total. The highest BCUT2D eigenvalue weighted by atomic mass is 127. The van der Waals surface area contributed by atoms with E-state index in [0.717, 1.165) is 33.5 Å². The van der Waals surface area contributed by atoms with Crippen LogP contribution in [-0.2, 0) is 4.79 Å². The zero-order valence-electron chi connectivity index (χ0n) is 10.2. The van der Waals surface area contributed by atoms with E-state index in [-0.39, 0.29) is 16.6 Å². The summed E-state index contributed by atoms with van der Waals surface area (Å²) in [6.07, 6.45) is 0. The molecule has 0 aliphatic rings. The summed E-state index contributed by atoms with van der Waals surface area (Å²) in [5.74, 6) is -1.29. The highest BCUT2D eigenvalue weighted by Gasteiger charge is 2.08. The second-order valence-corrected chi connectivity index (χ2v) is 6.18. The van der Waals surface area contributed by atoms with Crippen molar-refractivity contribution < 1.29 is 13.6 Å². The molecule has 2 aromatic rings. The van der Waals surface area contributed by atoms with Gasteiger partial charge in [0, 0.05) is 14.2 Å². The standard InChI is InChI=1S/C14H10F2INOS/c15-9-4-5-12(16)13(6-9)20-8-14(19)18-11-3-1-2-10(17)7-11/h1-7H,8H2,(H,18,19). The first kappa shape index (κ1) is 15.2. The van der Waals surface area contributed by atoms with Crippen LogP contribution in [0.1, 0.15) is 0 Å². The molecule has 0 unspecified atom stereocenters. The SMILES string of the molecule is O=C(CSc1cc(F)ccc1F)Nc1cccc(I)c1. The number of thioether (sulfide) groups is 1. The minimum Gasteiger partial charge on any atom is -0.325 e. The van der Waals surface area contributed by atoms with Crippen LogP contribution in [0.25, 0.3) is 0 Å². The fourth-order valence-electron chi connectivity index (χ4n) is 1.49. The number of carbonyl (C=O) groups excluding carboxylic acids is 1. The van der Waals surface area contributed by atoms with E-state index in [1.54, 1.807) is 6.07 Å². The van der Waals surface area contributed by atoms with E-state index in [9.17, 15) is 13.6 Å². The van der Waals surface area contributed by atoms with Crippen molar-refractivity contribution >= 4 is 45.9 Å². The van der Waals surface area contributed by atoms with Gasteiger partial charge in [-0.15, -0.1) is 11.8 Å². The first-order valence-corrected chi connectivity index (χ1v) is 7.74. The van der Waals surface area contributed by atoms with E-state index in [1.165, 1.54) is 0 Å². The maximum atomic E-state index is 13.4. The molecule has 0 aromatic heterocycles. The summed E-state index contributed by atoms with van der Waals surface area (Å²) < 4.78 is 27.4.